The number of hydrogen-bond donors (Lipinski definition) is 1. The van der Waals surface area contributed by atoms with Crippen molar-refractivity contribution in [3.8, 4) is 22.6 Å². The van der Waals surface area contributed by atoms with Crippen molar-refractivity contribution in [3.05, 3.63) is 64.8 Å². The Balaban J connectivity index is 2.03. The summed E-state index contributed by atoms with van der Waals surface area (Å²) in [4.78, 5) is 25.4. The lowest BCUT2D eigenvalue weighted by molar-refractivity contribution is 0.0603. The Kier molecular flexibility index (Phi) is 6.13. The van der Waals surface area contributed by atoms with Crippen molar-refractivity contribution >= 4 is 28.2 Å². The lowest BCUT2D eigenvalue weighted by Gasteiger charge is -2.13. The molecule has 8 heteroatoms. The van der Waals surface area contributed by atoms with Crippen LogP contribution in [0.25, 0.3) is 11.1 Å². The average molecular weight is 415 g/mol. The predicted octanol–water partition coefficient (Wildman–Crippen LogP) is 4.61. The number of carbonyl (C=O) groups excluding carboxylic acids is 2. The number of halogens is 1. The molecule has 29 heavy (non-hydrogen) atoms. The largest absolute Gasteiger partial charge is 0.496 e. The standard InChI is InChI=1S/C21H18FNO5S/c1-26-15-5-4-6-16(27-2)18(15)19(24)23-20-17(21(25)28-3)14(11-29-20)12-7-9-13(22)10-8-12/h4-11H,1-3H3,(H,23,24). The Morgan fingerprint density at radius 2 is 1.55 bits per heavy atom. The van der Waals surface area contributed by atoms with Gasteiger partial charge in [0.05, 0.1) is 21.3 Å². The zero-order chi connectivity index (χ0) is 21.0. The molecule has 0 radical (unpaired) electrons. The number of benzene rings is 2. The van der Waals surface area contributed by atoms with E-state index >= 15 is 0 Å². The highest BCUT2D eigenvalue weighted by Crippen LogP contribution is 2.37. The molecule has 0 unspecified atom stereocenters. The fourth-order valence-electron chi connectivity index (χ4n) is 2.84. The SMILES string of the molecule is COC(=O)c1c(-c2ccc(F)cc2)csc1NC(=O)c1c(OC)cccc1OC. The summed E-state index contributed by atoms with van der Waals surface area (Å²) in [6, 6.07) is 10.7. The van der Waals surface area contributed by atoms with Gasteiger partial charge in [-0.25, -0.2) is 9.18 Å². The zero-order valence-electron chi connectivity index (χ0n) is 15.9. The first-order valence-electron chi connectivity index (χ1n) is 8.48. The normalized spacial score (nSPS) is 10.3. The van der Waals surface area contributed by atoms with Gasteiger partial charge in [-0.3, -0.25) is 4.79 Å². The number of carbonyl (C=O) groups is 2. The quantitative estimate of drug-likeness (QED) is 0.595. The minimum Gasteiger partial charge on any atom is -0.496 e. The van der Waals surface area contributed by atoms with Crippen LogP contribution in [0.1, 0.15) is 20.7 Å². The van der Waals surface area contributed by atoms with Crippen LogP contribution in [0, 0.1) is 5.82 Å². The molecule has 0 aliphatic carbocycles. The summed E-state index contributed by atoms with van der Waals surface area (Å²) in [5.41, 5.74) is 1.54. The van der Waals surface area contributed by atoms with Crippen LogP contribution in [0.15, 0.2) is 47.8 Å². The van der Waals surface area contributed by atoms with Gasteiger partial charge in [0.2, 0.25) is 0 Å². The van der Waals surface area contributed by atoms with Crippen LogP contribution < -0.4 is 14.8 Å². The minimum absolute atomic E-state index is 0.186. The van der Waals surface area contributed by atoms with E-state index in [4.69, 9.17) is 14.2 Å². The van der Waals surface area contributed by atoms with Crippen molar-refractivity contribution in [1.82, 2.24) is 0 Å². The van der Waals surface area contributed by atoms with Crippen LogP contribution in [-0.2, 0) is 4.74 Å². The van der Waals surface area contributed by atoms with E-state index < -0.39 is 11.9 Å². The number of anilines is 1. The summed E-state index contributed by atoms with van der Waals surface area (Å²) in [7, 11) is 4.15. The van der Waals surface area contributed by atoms with E-state index in [1.165, 1.54) is 33.5 Å². The van der Waals surface area contributed by atoms with E-state index in [1.54, 1.807) is 35.7 Å². The van der Waals surface area contributed by atoms with Gasteiger partial charge in [-0.05, 0) is 29.8 Å². The molecule has 6 nitrogen and oxygen atoms in total. The Morgan fingerprint density at radius 3 is 2.10 bits per heavy atom. The second-order valence-corrected chi connectivity index (χ2v) is 6.72. The van der Waals surface area contributed by atoms with E-state index in [0.717, 1.165) is 11.3 Å². The molecule has 3 aromatic rings. The van der Waals surface area contributed by atoms with Crippen molar-refractivity contribution < 1.29 is 28.2 Å². The highest BCUT2D eigenvalue weighted by molar-refractivity contribution is 7.15. The summed E-state index contributed by atoms with van der Waals surface area (Å²) in [5.74, 6) is -0.848. The monoisotopic (exact) mass is 415 g/mol. The van der Waals surface area contributed by atoms with Crippen molar-refractivity contribution in [2.24, 2.45) is 0 Å². The molecule has 1 aromatic heterocycles. The van der Waals surface area contributed by atoms with Gasteiger partial charge in [0.1, 0.15) is 33.4 Å². The van der Waals surface area contributed by atoms with E-state index in [9.17, 15) is 14.0 Å². The maximum atomic E-state index is 13.3. The molecular weight excluding hydrogens is 397 g/mol. The second-order valence-electron chi connectivity index (χ2n) is 5.84. The van der Waals surface area contributed by atoms with Crippen molar-refractivity contribution in [1.29, 1.82) is 0 Å². The van der Waals surface area contributed by atoms with Gasteiger partial charge in [0, 0.05) is 10.9 Å². The van der Waals surface area contributed by atoms with Crippen LogP contribution in [0.4, 0.5) is 9.39 Å². The number of nitrogens with one attached hydrogen (secondary N) is 1. The van der Waals surface area contributed by atoms with Gasteiger partial charge in [0.25, 0.3) is 5.91 Å². The Labute approximate surface area is 170 Å². The summed E-state index contributed by atoms with van der Waals surface area (Å²) in [6.07, 6.45) is 0. The number of esters is 1. The molecule has 3 rings (SSSR count). The number of rotatable bonds is 6. The van der Waals surface area contributed by atoms with Gasteiger partial charge >= 0.3 is 5.97 Å². The maximum Gasteiger partial charge on any atom is 0.341 e. The highest BCUT2D eigenvalue weighted by atomic mass is 32.1. The molecule has 0 spiro atoms. The molecular formula is C21H18FNO5S. The van der Waals surface area contributed by atoms with Gasteiger partial charge in [-0.15, -0.1) is 11.3 Å². The third-order valence-corrected chi connectivity index (χ3v) is 5.11. The highest BCUT2D eigenvalue weighted by Gasteiger charge is 2.25. The fourth-order valence-corrected chi connectivity index (χ4v) is 3.79. The van der Waals surface area contributed by atoms with E-state index in [1.807, 2.05) is 0 Å². The summed E-state index contributed by atoms with van der Waals surface area (Å²) >= 11 is 1.16. The maximum absolute atomic E-state index is 13.3. The lowest BCUT2D eigenvalue weighted by atomic mass is 10.0. The van der Waals surface area contributed by atoms with Crippen LogP contribution in [0.3, 0.4) is 0 Å². The summed E-state index contributed by atoms with van der Waals surface area (Å²) in [6.45, 7) is 0. The van der Waals surface area contributed by atoms with Crippen molar-refractivity contribution in [3.63, 3.8) is 0 Å². The Bertz CT molecular complexity index is 1020. The number of hydrogen-bond acceptors (Lipinski definition) is 6. The lowest BCUT2D eigenvalue weighted by Crippen LogP contribution is -2.16. The third-order valence-electron chi connectivity index (χ3n) is 4.22. The Hall–Kier alpha value is -3.39. The second kappa shape index (κ2) is 8.74. The van der Waals surface area contributed by atoms with Crippen LogP contribution in [0.2, 0.25) is 0 Å². The van der Waals surface area contributed by atoms with E-state index in [0.29, 0.717) is 27.6 Å². The summed E-state index contributed by atoms with van der Waals surface area (Å²) in [5, 5.41) is 4.74. The predicted molar refractivity (Wildman–Crippen MR) is 109 cm³/mol. The zero-order valence-corrected chi connectivity index (χ0v) is 16.8. The number of amides is 1. The number of thiophene rings is 1. The molecule has 2 aromatic carbocycles. The van der Waals surface area contributed by atoms with Crippen molar-refractivity contribution in [2.75, 3.05) is 26.6 Å². The number of ether oxygens (including phenoxy) is 3. The topological polar surface area (TPSA) is 73.9 Å². The molecule has 0 aliphatic rings. The minimum atomic E-state index is -0.618. The first kappa shape index (κ1) is 20.3. The van der Waals surface area contributed by atoms with Gasteiger partial charge in [-0.2, -0.15) is 0 Å². The van der Waals surface area contributed by atoms with Gasteiger partial charge < -0.3 is 19.5 Å². The molecule has 1 amide bonds. The first-order chi connectivity index (χ1) is 14.0. The van der Waals surface area contributed by atoms with E-state index in [2.05, 4.69) is 5.32 Å². The van der Waals surface area contributed by atoms with Crippen LogP contribution >= 0.6 is 11.3 Å². The molecule has 1 N–H and O–H groups in total. The fraction of sp³-hybridized carbons (Fsp3) is 0.143. The summed E-state index contributed by atoms with van der Waals surface area (Å²) < 4.78 is 28.7. The third kappa shape index (κ3) is 4.07. The smallest absolute Gasteiger partial charge is 0.341 e. The van der Waals surface area contributed by atoms with Crippen LogP contribution in [-0.4, -0.2) is 33.2 Å². The molecule has 1 heterocycles. The molecule has 150 valence electrons. The average Bonchev–Trinajstić information content (AvgIpc) is 3.16. The van der Waals surface area contributed by atoms with Gasteiger partial charge in [-0.1, -0.05) is 18.2 Å². The van der Waals surface area contributed by atoms with E-state index in [-0.39, 0.29) is 16.9 Å². The van der Waals surface area contributed by atoms with Crippen LogP contribution in [0.5, 0.6) is 11.5 Å². The molecule has 0 atom stereocenters. The molecule has 0 aliphatic heterocycles. The molecule has 0 saturated carbocycles. The first-order valence-corrected chi connectivity index (χ1v) is 9.36. The Morgan fingerprint density at radius 1 is 0.931 bits per heavy atom. The molecule has 0 saturated heterocycles. The number of methoxy groups -OCH3 is 3. The molecule has 0 fully saturated rings. The van der Waals surface area contributed by atoms with Crippen molar-refractivity contribution in [2.45, 2.75) is 0 Å². The molecule has 0 bridgehead atoms. The van der Waals surface area contributed by atoms with Gasteiger partial charge in [0.15, 0.2) is 0 Å².